The molecule has 2 amide bonds. The van der Waals surface area contributed by atoms with Crippen LogP contribution in [0.15, 0.2) is 28.7 Å². The van der Waals surface area contributed by atoms with Crippen LogP contribution in [0, 0.1) is 25.2 Å². The van der Waals surface area contributed by atoms with Gasteiger partial charge in [-0.3, -0.25) is 14.5 Å². The van der Waals surface area contributed by atoms with Gasteiger partial charge in [0.15, 0.2) is 0 Å². The van der Waals surface area contributed by atoms with Gasteiger partial charge < -0.3 is 15.2 Å². The molecular formula is C23H28BrN5O2. The van der Waals surface area contributed by atoms with Crippen LogP contribution in [0.4, 0.5) is 11.5 Å². The Morgan fingerprint density at radius 2 is 1.77 bits per heavy atom. The van der Waals surface area contributed by atoms with Crippen molar-refractivity contribution < 1.29 is 9.59 Å². The fourth-order valence-electron chi connectivity index (χ4n) is 4.18. The number of benzene rings is 1. The van der Waals surface area contributed by atoms with E-state index in [1.54, 1.807) is 18.0 Å². The van der Waals surface area contributed by atoms with E-state index in [1.807, 2.05) is 32.0 Å². The van der Waals surface area contributed by atoms with Crippen molar-refractivity contribution >= 4 is 39.2 Å². The van der Waals surface area contributed by atoms with Gasteiger partial charge in [-0.1, -0.05) is 25.0 Å². The van der Waals surface area contributed by atoms with Crippen LogP contribution in [0.1, 0.15) is 48.5 Å². The van der Waals surface area contributed by atoms with Crippen molar-refractivity contribution in [3.05, 3.63) is 45.6 Å². The summed E-state index contributed by atoms with van der Waals surface area (Å²) in [6.07, 6.45) is 4.42. The van der Waals surface area contributed by atoms with Gasteiger partial charge >= 0.3 is 0 Å². The number of para-hydroxylation sites is 1. The van der Waals surface area contributed by atoms with Gasteiger partial charge in [-0.05, 0) is 67.4 Å². The van der Waals surface area contributed by atoms with E-state index >= 15 is 0 Å². The van der Waals surface area contributed by atoms with Crippen LogP contribution in [0.5, 0.6) is 0 Å². The number of halogens is 1. The second kappa shape index (κ2) is 10.1. The van der Waals surface area contributed by atoms with Gasteiger partial charge in [0.1, 0.15) is 11.9 Å². The van der Waals surface area contributed by atoms with Gasteiger partial charge in [0.25, 0.3) is 0 Å². The fourth-order valence-corrected chi connectivity index (χ4v) is 4.56. The van der Waals surface area contributed by atoms with E-state index in [0.29, 0.717) is 23.1 Å². The third kappa shape index (κ3) is 5.35. The maximum atomic E-state index is 12.8. The van der Waals surface area contributed by atoms with Crippen molar-refractivity contribution in [1.29, 1.82) is 5.26 Å². The highest BCUT2D eigenvalue weighted by Crippen LogP contribution is 2.37. The SMILES string of the molecule is Cc1c(C#N)c(NC(=O)CN(C)CC(=O)Nc2ccccc2Br)n(C2CCCC2)c1C. The molecule has 31 heavy (non-hydrogen) atoms. The number of rotatable bonds is 7. The van der Waals surface area contributed by atoms with Crippen LogP contribution in [-0.2, 0) is 9.59 Å². The lowest BCUT2D eigenvalue weighted by molar-refractivity contribution is -0.119. The number of amides is 2. The first kappa shape index (κ1) is 23.0. The Kier molecular flexibility index (Phi) is 7.52. The second-order valence-electron chi connectivity index (χ2n) is 8.10. The minimum atomic E-state index is -0.246. The zero-order chi connectivity index (χ0) is 22.5. The predicted molar refractivity (Wildman–Crippen MR) is 125 cm³/mol. The van der Waals surface area contributed by atoms with Crippen LogP contribution in [0.2, 0.25) is 0 Å². The number of carbonyl (C=O) groups is 2. The molecule has 1 aromatic heterocycles. The van der Waals surface area contributed by atoms with E-state index in [0.717, 1.165) is 41.4 Å². The van der Waals surface area contributed by atoms with Gasteiger partial charge in [-0.25, -0.2) is 0 Å². The van der Waals surface area contributed by atoms with Crippen LogP contribution >= 0.6 is 15.9 Å². The average Bonchev–Trinajstić information content (AvgIpc) is 3.30. The third-order valence-corrected chi connectivity index (χ3v) is 6.48. The summed E-state index contributed by atoms with van der Waals surface area (Å²) in [6.45, 7) is 4.04. The summed E-state index contributed by atoms with van der Waals surface area (Å²) in [5, 5.41) is 15.5. The summed E-state index contributed by atoms with van der Waals surface area (Å²) in [5.74, 6) is 0.130. The van der Waals surface area contributed by atoms with E-state index < -0.39 is 0 Å². The maximum Gasteiger partial charge on any atom is 0.239 e. The first-order valence-corrected chi connectivity index (χ1v) is 11.2. The molecule has 0 spiro atoms. The van der Waals surface area contributed by atoms with E-state index in [9.17, 15) is 14.9 Å². The third-order valence-electron chi connectivity index (χ3n) is 5.79. The molecule has 0 saturated heterocycles. The van der Waals surface area contributed by atoms with E-state index in [4.69, 9.17) is 0 Å². The van der Waals surface area contributed by atoms with Crippen LogP contribution < -0.4 is 10.6 Å². The molecule has 0 radical (unpaired) electrons. The Bertz CT molecular complexity index is 1020. The molecule has 1 saturated carbocycles. The molecule has 164 valence electrons. The molecule has 1 heterocycles. The molecule has 3 rings (SSSR count). The quantitative estimate of drug-likeness (QED) is 0.609. The molecule has 0 bridgehead atoms. The summed E-state index contributed by atoms with van der Waals surface area (Å²) >= 11 is 3.40. The maximum absolute atomic E-state index is 12.8. The Morgan fingerprint density at radius 3 is 2.39 bits per heavy atom. The van der Waals surface area contributed by atoms with Crippen molar-refractivity contribution in [2.24, 2.45) is 0 Å². The number of anilines is 2. The number of nitrogens with one attached hydrogen (secondary N) is 2. The topological polar surface area (TPSA) is 90.2 Å². The number of nitrogens with zero attached hydrogens (tertiary/aromatic N) is 3. The van der Waals surface area contributed by atoms with Gasteiger partial charge in [-0.2, -0.15) is 5.26 Å². The minimum absolute atomic E-state index is 0.0438. The minimum Gasteiger partial charge on any atom is -0.327 e. The Labute approximate surface area is 191 Å². The Hall–Kier alpha value is -2.63. The van der Waals surface area contributed by atoms with E-state index in [1.165, 1.54) is 0 Å². The lowest BCUT2D eigenvalue weighted by Crippen LogP contribution is -2.36. The molecule has 0 unspecified atom stereocenters. The molecule has 7 nitrogen and oxygen atoms in total. The summed E-state index contributed by atoms with van der Waals surface area (Å²) in [4.78, 5) is 26.7. The molecule has 2 aromatic rings. The number of likely N-dealkylation sites (N-methyl/N-ethyl adjacent to an activating group) is 1. The predicted octanol–water partition coefficient (Wildman–Crippen LogP) is 4.36. The smallest absolute Gasteiger partial charge is 0.239 e. The first-order valence-electron chi connectivity index (χ1n) is 10.5. The highest BCUT2D eigenvalue weighted by Gasteiger charge is 2.27. The number of hydrogen-bond donors (Lipinski definition) is 2. The lowest BCUT2D eigenvalue weighted by Gasteiger charge is -2.20. The number of hydrogen-bond acceptors (Lipinski definition) is 4. The van der Waals surface area contributed by atoms with Crippen LogP contribution in [-0.4, -0.2) is 41.4 Å². The molecule has 1 fully saturated rings. The zero-order valence-corrected chi connectivity index (χ0v) is 19.8. The molecule has 1 aliphatic rings. The van der Waals surface area contributed by atoms with Crippen molar-refractivity contribution in [2.45, 2.75) is 45.6 Å². The standard InChI is InChI=1S/C23H28BrN5O2/c1-15-16(2)29(17-8-4-5-9-17)23(18(15)12-25)27-22(31)14-28(3)13-21(30)26-20-11-7-6-10-19(20)24/h6-7,10-11,17H,4-5,8-9,13-14H2,1-3H3,(H,26,30)(H,27,31). The van der Waals surface area contributed by atoms with Crippen molar-refractivity contribution in [1.82, 2.24) is 9.47 Å². The molecule has 2 N–H and O–H groups in total. The van der Waals surface area contributed by atoms with Crippen LogP contribution in [0.25, 0.3) is 0 Å². The van der Waals surface area contributed by atoms with Crippen molar-refractivity contribution in [3.8, 4) is 6.07 Å². The molecule has 1 aromatic carbocycles. The first-order chi connectivity index (χ1) is 14.8. The zero-order valence-electron chi connectivity index (χ0n) is 18.2. The summed E-state index contributed by atoms with van der Waals surface area (Å²) in [5.41, 5.74) is 3.14. The molecule has 0 aliphatic heterocycles. The lowest BCUT2D eigenvalue weighted by atomic mass is 10.2. The number of aromatic nitrogens is 1. The molecular weight excluding hydrogens is 458 g/mol. The average molecular weight is 486 g/mol. The van der Waals surface area contributed by atoms with E-state index in [2.05, 4.69) is 37.2 Å². The largest absolute Gasteiger partial charge is 0.327 e. The number of nitriles is 1. The molecule has 1 aliphatic carbocycles. The number of carbonyl (C=O) groups excluding carboxylic acids is 2. The molecule has 0 atom stereocenters. The molecule has 8 heteroatoms. The normalized spacial score (nSPS) is 13.9. The summed E-state index contributed by atoms with van der Waals surface area (Å²) in [6, 6.07) is 9.93. The highest BCUT2D eigenvalue weighted by atomic mass is 79.9. The fraction of sp³-hybridized carbons (Fsp3) is 0.435. The van der Waals surface area contributed by atoms with Gasteiger partial charge in [-0.15, -0.1) is 0 Å². The van der Waals surface area contributed by atoms with Gasteiger partial charge in [0.2, 0.25) is 11.8 Å². The Morgan fingerprint density at radius 1 is 1.16 bits per heavy atom. The van der Waals surface area contributed by atoms with Crippen molar-refractivity contribution in [2.75, 3.05) is 30.8 Å². The van der Waals surface area contributed by atoms with Crippen LogP contribution in [0.3, 0.4) is 0 Å². The highest BCUT2D eigenvalue weighted by molar-refractivity contribution is 9.10. The van der Waals surface area contributed by atoms with Crippen molar-refractivity contribution in [3.63, 3.8) is 0 Å². The van der Waals surface area contributed by atoms with Gasteiger partial charge in [0.05, 0.1) is 24.3 Å². The monoisotopic (exact) mass is 485 g/mol. The Balaban J connectivity index is 1.65. The summed E-state index contributed by atoms with van der Waals surface area (Å²) < 4.78 is 2.92. The second-order valence-corrected chi connectivity index (χ2v) is 8.96. The summed E-state index contributed by atoms with van der Waals surface area (Å²) in [7, 11) is 1.72. The van der Waals surface area contributed by atoms with Gasteiger partial charge in [0, 0.05) is 16.2 Å². The van der Waals surface area contributed by atoms with E-state index in [-0.39, 0.29) is 24.9 Å².